The summed E-state index contributed by atoms with van der Waals surface area (Å²) in [5.41, 5.74) is 5.80. The molecule has 5 nitrogen and oxygen atoms in total. The van der Waals surface area contributed by atoms with E-state index in [0.29, 0.717) is 30.8 Å². The van der Waals surface area contributed by atoms with Gasteiger partial charge in [-0.05, 0) is 50.9 Å². The summed E-state index contributed by atoms with van der Waals surface area (Å²) in [7, 11) is 0. The maximum Gasteiger partial charge on any atom is 0.228 e. The van der Waals surface area contributed by atoms with Crippen molar-refractivity contribution in [3.05, 3.63) is 11.7 Å². The summed E-state index contributed by atoms with van der Waals surface area (Å²) >= 11 is 0. The first kappa shape index (κ1) is 15.0. The van der Waals surface area contributed by atoms with Crippen LogP contribution in [0.5, 0.6) is 0 Å². The Bertz CT molecular complexity index is 468. The van der Waals surface area contributed by atoms with Crippen molar-refractivity contribution in [1.29, 1.82) is 0 Å². The van der Waals surface area contributed by atoms with E-state index in [-0.39, 0.29) is 11.6 Å². The number of ether oxygens (including phenoxy) is 1. The van der Waals surface area contributed by atoms with Crippen LogP contribution in [0.4, 0.5) is 0 Å². The summed E-state index contributed by atoms with van der Waals surface area (Å²) in [6, 6.07) is 0.159. The van der Waals surface area contributed by atoms with E-state index < -0.39 is 0 Å². The highest BCUT2D eigenvalue weighted by molar-refractivity contribution is 5.05. The molecule has 2 fully saturated rings. The molecule has 1 heterocycles. The highest BCUT2D eigenvalue weighted by atomic mass is 16.5. The Morgan fingerprint density at radius 3 is 2.90 bits per heavy atom. The Morgan fingerprint density at radius 1 is 1.43 bits per heavy atom. The standard InChI is InChI=1S/C16H27N3O2/c1-3-20-16(8-4-5-11(2)10-16)15-18-14(21-19-15)9-13(17)12-6-7-12/h11-13H,3-10,17H2,1-2H3. The topological polar surface area (TPSA) is 74.2 Å². The summed E-state index contributed by atoms with van der Waals surface area (Å²) in [5.74, 6) is 2.69. The summed E-state index contributed by atoms with van der Waals surface area (Å²) in [5, 5.41) is 4.23. The third kappa shape index (κ3) is 3.29. The summed E-state index contributed by atoms with van der Waals surface area (Å²) < 4.78 is 11.5. The zero-order valence-corrected chi connectivity index (χ0v) is 13.2. The minimum atomic E-state index is -0.349. The molecule has 0 aliphatic heterocycles. The molecule has 3 unspecified atom stereocenters. The molecule has 0 amide bonds. The van der Waals surface area contributed by atoms with Crippen LogP contribution in [0.25, 0.3) is 0 Å². The van der Waals surface area contributed by atoms with Gasteiger partial charge in [-0.1, -0.05) is 18.5 Å². The van der Waals surface area contributed by atoms with Gasteiger partial charge in [-0.3, -0.25) is 0 Å². The molecule has 21 heavy (non-hydrogen) atoms. The molecule has 118 valence electrons. The maximum atomic E-state index is 6.15. The molecule has 5 heteroatoms. The van der Waals surface area contributed by atoms with Gasteiger partial charge in [-0.25, -0.2) is 0 Å². The van der Waals surface area contributed by atoms with Gasteiger partial charge in [0.15, 0.2) is 0 Å². The quantitative estimate of drug-likeness (QED) is 0.873. The maximum absolute atomic E-state index is 6.15. The van der Waals surface area contributed by atoms with Crippen molar-refractivity contribution in [1.82, 2.24) is 10.1 Å². The lowest BCUT2D eigenvalue weighted by Crippen LogP contribution is -2.36. The van der Waals surface area contributed by atoms with Gasteiger partial charge in [0, 0.05) is 19.1 Å². The van der Waals surface area contributed by atoms with Crippen molar-refractivity contribution in [2.24, 2.45) is 17.6 Å². The number of nitrogens with two attached hydrogens (primary N) is 1. The average Bonchev–Trinajstić information content (AvgIpc) is 3.19. The minimum absolute atomic E-state index is 0.159. The van der Waals surface area contributed by atoms with Crippen LogP contribution in [-0.4, -0.2) is 22.8 Å². The van der Waals surface area contributed by atoms with E-state index >= 15 is 0 Å². The summed E-state index contributed by atoms with van der Waals surface area (Å²) in [6.45, 7) is 4.99. The van der Waals surface area contributed by atoms with Crippen molar-refractivity contribution in [2.45, 2.75) is 70.4 Å². The van der Waals surface area contributed by atoms with Crippen LogP contribution in [0.1, 0.15) is 64.1 Å². The Labute approximate surface area is 126 Å². The largest absolute Gasteiger partial charge is 0.367 e. The molecule has 2 aliphatic carbocycles. The van der Waals surface area contributed by atoms with Gasteiger partial charge in [-0.2, -0.15) is 4.98 Å². The first-order valence-corrected chi connectivity index (χ1v) is 8.35. The molecule has 1 aromatic heterocycles. The third-order valence-corrected chi connectivity index (χ3v) is 4.89. The molecule has 2 aliphatic rings. The SMILES string of the molecule is CCOC1(c2noc(CC(N)C3CC3)n2)CCCC(C)C1. The Hall–Kier alpha value is -0.940. The average molecular weight is 293 g/mol. The second kappa shape index (κ2) is 6.05. The van der Waals surface area contributed by atoms with Crippen molar-refractivity contribution in [3.63, 3.8) is 0 Å². The van der Waals surface area contributed by atoms with Gasteiger partial charge in [-0.15, -0.1) is 0 Å². The fourth-order valence-electron chi connectivity index (χ4n) is 3.59. The highest BCUT2D eigenvalue weighted by Gasteiger charge is 2.41. The third-order valence-electron chi connectivity index (χ3n) is 4.89. The number of rotatable bonds is 6. The lowest BCUT2D eigenvalue weighted by molar-refractivity contribution is -0.0891. The van der Waals surface area contributed by atoms with Crippen LogP contribution in [0.15, 0.2) is 4.52 Å². The zero-order valence-electron chi connectivity index (χ0n) is 13.2. The van der Waals surface area contributed by atoms with Crippen molar-refractivity contribution in [2.75, 3.05) is 6.61 Å². The molecule has 2 saturated carbocycles. The normalized spacial score (nSPS) is 31.3. The van der Waals surface area contributed by atoms with Crippen LogP contribution in [0.3, 0.4) is 0 Å². The molecule has 0 spiro atoms. The molecular weight excluding hydrogens is 266 g/mol. The Morgan fingerprint density at radius 2 is 2.24 bits per heavy atom. The monoisotopic (exact) mass is 293 g/mol. The molecule has 0 bridgehead atoms. The van der Waals surface area contributed by atoms with E-state index in [9.17, 15) is 0 Å². The molecule has 3 atom stereocenters. The first-order valence-electron chi connectivity index (χ1n) is 8.35. The predicted octanol–water partition coefficient (Wildman–Crippen LogP) is 2.79. The highest BCUT2D eigenvalue weighted by Crippen LogP contribution is 2.42. The molecule has 0 aromatic carbocycles. The lowest BCUT2D eigenvalue weighted by Gasteiger charge is -2.37. The van der Waals surface area contributed by atoms with Crippen molar-refractivity contribution < 1.29 is 9.26 Å². The van der Waals surface area contributed by atoms with Gasteiger partial charge in [0.1, 0.15) is 5.60 Å². The molecule has 0 radical (unpaired) electrons. The molecule has 3 rings (SSSR count). The van der Waals surface area contributed by atoms with E-state index in [1.165, 1.54) is 19.3 Å². The van der Waals surface area contributed by atoms with Gasteiger partial charge in [0.2, 0.25) is 11.7 Å². The van der Waals surface area contributed by atoms with Crippen LogP contribution in [0, 0.1) is 11.8 Å². The smallest absolute Gasteiger partial charge is 0.228 e. The van der Waals surface area contributed by atoms with Gasteiger partial charge < -0.3 is 15.0 Å². The van der Waals surface area contributed by atoms with E-state index in [4.69, 9.17) is 15.0 Å². The molecule has 1 aromatic rings. The molecule has 2 N–H and O–H groups in total. The Balaban J connectivity index is 1.74. The number of nitrogens with zero attached hydrogens (tertiary/aromatic N) is 2. The van der Waals surface area contributed by atoms with E-state index in [2.05, 4.69) is 17.1 Å². The van der Waals surface area contributed by atoms with E-state index in [1.807, 2.05) is 6.92 Å². The second-order valence-corrected chi connectivity index (χ2v) is 6.85. The summed E-state index contributed by atoms with van der Waals surface area (Å²) in [4.78, 5) is 4.63. The van der Waals surface area contributed by atoms with Crippen LogP contribution >= 0.6 is 0 Å². The second-order valence-electron chi connectivity index (χ2n) is 6.85. The van der Waals surface area contributed by atoms with Crippen LogP contribution in [0.2, 0.25) is 0 Å². The van der Waals surface area contributed by atoms with E-state index in [0.717, 1.165) is 25.1 Å². The van der Waals surface area contributed by atoms with E-state index in [1.54, 1.807) is 0 Å². The minimum Gasteiger partial charge on any atom is -0.367 e. The van der Waals surface area contributed by atoms with Crippen molar-refractivity contribution >= 4 is 0 Å². The fraction of sp³-hybridized carbons (Fsp3) is 0.875. The van der Waals surface area contributed by atoms with Crippen LogP contribution in [-0.2, 0) is 16.8 Å². The van der Waals surface area contributed by atoms with Crippen molar-refractivity contribution in [3.8, 4) is 0 Å². The Kier molecular flexibility index (Phi) is 4.31. The summed E-state index contributed by atoms with van der Waals surface area (Å²) in [6.07, 6.45) is 7.55. The molecular formula is C16H27N3O2. The zero-order chi connectivity index (χ0) is 14.9. The number of hydrogen-bond acceptors (Lipinski definition) is 5. The first-order chi connectivity index (χ1) is 10.1. The number of hydrogen-bond donors (Lipinski definition) is 1. The fourth-order valence-corrected chi connectivity index (χ4v) is 3.59. The van der Waals surface area contributed by atoms with Gasteiger partial charge in [0.25, 0.3) is 0 Å². The van der Waals surface area contributed by atoms with Crippen LogP contribution < -0.4 is 5.73 Å². The molecule has 0 saturated heterocycles. The van der Waals surface area contributed by atoms with Gasteiger partial charge in [0.05, 0.1) is 0 Å². The predicted molar refractivity (Wildman–Crippen MR) is 79.6 cm³/mol. The number of aromatic nitrogens is 2. The lowest BCUT2D eigenvalue weighted by atomic mass is 9.78. The van der Waals surface area contributed by atoms with Gasteiger partial charge >= 0.3 is 0 Å².